The van der Waals surface area contributed by atoms with Crippen molar-refractivity contribution in [2.24, 2.45) is 0 Å². The Kier molecular flexibility index (Phi) is 13.4. The zero-order valence-corrected chi connectivity index (χ0v) is 17.7. The quantitative estimate of drug-likeness (QED) is 0.272. The molecular formula is C22H29ClF2N2O3. The maximum atomic E-state index is 13.1. The van der Waals surface area contributed by atoms with Crippen LogP contribution in [0, 0.1) is 0 Å². The maximum Gasteiger partial charge on any atom is 0.250 e. The summed E-state index contributed by atoms with van der Waals surface area (Å²) >= 11 is 5.79. The van der Waals surface area contributed by atoms with E-state index in [2.05, 4.69) is 17.2 Å². The SMILES string of the molecule is C=C(CCC(=O)NCC/C=C/C=C/F)NC(=O)COC1C/C(=C/Cl)CCC/C1=C\F. The van der Waals surface area contributed by atoms with Crippen LogP contribution in [0.3, 0.4) is 0 Å². The Hall–Kier alpha value is -2.25. The molecule has 0 aromatic carbocycles. The zero-order valence-electron chi connectivity index (χ0n) is 17.0. The normalized spacial score (nSPS) is 20.0. The van der Waals surface area contributed by atoms with Gasteiger partial charge in [0.2, 0.25) is 11.8 Å². The second kappa shape index (κ2) is 15.6. The molecule has 1 atom stereocenters. The minimum absolute atomic E-state index is 0.173. The molecular weight excluding hydrogens is 414 g/mol. The van der Waals surface area contributed by atoms with Gasteiger partial charge in [-0.2, -0.15) is 0 Å². The lowest BCUT2D eigenvalue weighted by Crippen LogP contribution is -2.30. The number of rotatable bonds is 11. The second-order valence-corrected chi connectivity index (χ2v) is 7.06. The van der Waals surface area contributed by atoms with Crippen LogP contribution in [0.2, 0.25) is 0 Å². The fourth-order valence-corrected chi connectivity index (χ4v) is 3.08. The Bertz CT molecular complexity index is 702. The highest BCUT2D eigenvalue weighted by atomic mass is 35.5. The molecule has 1 fully saturated rings. The van der Waals surface area contributed by atoms with E-state index in [0.717, 1.165) is 18.4 Å². The molecule has 0 saturated heterocycles. The molecule has 0 spiro atoms. The molecule has 1 rings (SSSR count). The first-order chi connectivity index (χ1) is 14.5. The van der Waals surface area contributed by atoms with Gasteiger partial charge in [0.25, 0.3) is 0 Å². The van der Waals surface area contributed by atoms with Crippen LogP contribution in [0.15, 0.2) is 59.8 Å². The summed E-state index contributed by atoms with van der Waals surface area (Å²) in [5.41, 5.74) is 3.36. The number of amides is 2. The number of hydrogen-bond donors (Lipinski definition) is 2. The lowest BCUT2D eigenvalue weighted by Gasteiger charge is -2.18. The van der Waals surface area contributed by atoms with Gasteiger partial charge in [0.1, 0.15) is 6.61 Å². The number of hydrogen-bond acceptors (Lipinski definition) is 3. The van der Waals surface area contributed by atoms with Gasteiger partial charge in [-0.25, -0.2) is 8.78 Å². The number of carbonyl (C=O) groups is 2. The fourth-order valence-electron chi connectivity index (χ4n) is 2.88. The van der Waals surface area contributed by atoms with Crippen LogP contribution in [0.4, 0.5) is 8.78 Å². The molecule has 0 heterocycles. The average Bonchev–Trinajstić information content (AvgIpc) is 2.94. The van der Waals surface area contributed by atoms with Gasteiger partial charge in [0, 0.05) is 24.2 Å². The molecule has 1 aliphatic carbocycles. The van der Waals surface area contributed by atoms with Crippen LogP contribution >= 0.6 is 11.6 Å². The second-order valence-electron chi connectivity index (χ2n) is 6.85. The third-order valence-corrected chi connectivity index (χ3v) is 4.77. The first-order valence-corrected chi connectivity index (χ1v) is 10.3. The number of ether oxygens (including phenoxy) is 1. The Morgan fingerprint density at radius 1 is 1.20 bits per heavy atom. The number of halogens is 3. The van der Waals surface area contributed by atoms with Crippen LogP contribution in [-0.2, 0) is 14.3 Å². The molecule has 8 heteroatoms. The summed E-state index contributed by atoms with van der Waals surface area (Å²) < 4.78 is 30.5. The van der Waals surface area contributed by atoms with Gasteiger partial charge in [-0.3, -0.25) is 9.59 Å². The molecule has 0 radical (unpaired) electrons. The van der Waals surface area contributed by atoms with E-state index in [4.69, 9.17) is 16.3 Å². The summed E-state index contributed by atoms with van der Waals surface area (Å²) in [5.74, 6) is -0.585. The highest BCUT2D eigenvalue weighted by Gasteiger charge is 2.22. The molecule has 5 nitrogen and oxygen atoms in total. The third kappa shape index (κ3) is 11.1. The Labute approximate surface area is 181 Å². The van der Waals surface area contributed by atoms with Gasteiger partial charge in [0.15, 0.2) is 0 Å². The predicted octanol–water partition coefficient (Wildman–Crippen LogP) is 4.88. The summed E-state index contributed by atoms with van der Waals surface area (Å²) in [4.78, 5) is 23.8. The molecule has 0 aromatic heterocycles. The molecule has 1 saturated carbocycles. The first kappa shape index (κ1) is 25.8. The first-order valence-electron chi connectivity index (χ1n) is 9.85. The van der Waals surface area contributed by atoms with E-state index < -0.39 is 12.0 Å². The van der Waals surface area contributed by atoms with E-state index in [9.17, 15) is 18.4 Å². The lowest BCUT2D eigenvalue weighted by molar-refractivity contribution is -0.126. The Balaban J connectivity index is 2.30. The van der Waals surface area contributed by atoms with Gasteiger partial charge in [-0.1, -0.05) is 35.9 Å². The van der Waals surface area contributed by atoms with E-state index in [0.29, 0.717) is 49.7 Å². The highest BCUT2D eigenvalue weighted by Crippen LogP contribution is 2.29. The standard InChI is InChI=1S/C22H29ClF2N2O3/c1-17(9-10-21(28)26-12-5-3-2-4-11-24)27-22(29)16-30-20-13-18(14-23)7-6-8-19(20)15-25/h2-4,11,14-15,20H,1,5-10,12-13,16H2,(H,26,28)(H,27,29)/b3-2+,11-4+,18-14+,19-15+. The minimum Gasteiger partial charge on any atom is -0.364 e. The topological polar surface area (TPSA) is 67.4 Å². The van der Waals surface area contributed by atoms with Crippen molar-refractivity contribution < 1.29 is 23.1 Å². The van der Waals surface area contributed by atoms with Crippen molar-refractivity contribution in [3.8, 4) is 0 Å². The monoisotopic (exact) mass is 442 g/mol. The lowest BCUT2D eigenvalue weighted by atomic mass is 10.1. The van der Waals surface area contributed by atoms with Gasteiger partial charge in [-0.05, 0) is 50.2 Å². The minimum atomic E-state index is -0.526. The van der Waals surface area contributed by atoms with Crippen LogP contribution in [0.25, 0.3) is 0 Å². The van der Waals surface area contributed by atoms with Crippen LogP contribution in [0.5, 0.6) is 0 Å². The van der Waals surface area contributed by atoms with E-state index >= 15 is 0 Å². The summed E-state index contributed by atoms with van der Waals surface area (Å²) in [5, 5.41) is 5.31. The third-order valence-electron chi connectivity index (χ3n) is 4.46. The van der Waals surface area contributed by atoms with Crippen LogP contribution in [-0.4, -0.2) is 31.1 Å². The summed E-state index contributed by atoms with van der Waals surface area (Å²) in [6.45, 7) is 3.93. The predicted molar refractivity (Wildman–Crippen MR) is 115 cm³/mol. The van der Waals surface area contributed by atoms with Crippen molar-refractivity contribution in [3.63, 3.8) is 0 Å². The van der Waals surface area contributed by atoms with Crippen molar-refractivity contribution >= 4 is 23.4 Å². The maximum absolute atomic E-state index is 13.1. The Morgan fingerprint density at radius 2 is 2.00 bits per heavy atom. The van der Waals surface area contributed by atoms with Crippen molar-refractivity contribution in [1.29, 1.82) is 0 Å². The van der Waals surface area contributed by atoms with Crippen molar-refractivity contribution in [3.05, 3.63) is 59.8 Å². The molecule has 0 aromatic rings. The molecule has 166 valence electrons. The van der Waals surface area contributed by atoms with Gasteiger partial charge < -0.3 is 15.4 Å². The number of nitrogens with one attached hydrogen (secondary N) is 2. The van der Waals surface area contributed by atoms with Gasteiger partial charge in [-0.15, -0.1) is 0 Å². The number of carbonyl (C=O) groups excluding carboxylic acids is 2. The molecule has 2 amide bonds. The van der Waals surface area contributed by atoms with Gasteiger partial charge in [0.05, 0.1) is 18.8 Å². The van der Waals surface area contributed by atoms with Crippen molar-refractivity contribution in [1.82, 2.24) is 10.6 Å². The number of allylic oxidation sites excluding steroid dienone is 3. The molecule has 1 unspecified atom stereocenters. The summed E-state index contributed by atoms with van der Waals surface area (Å²) in [6, 6.07) is 0. The van der Waals surface area contributed by atoms with E-state index in [-0.39, 0.29) is 25.4 Å². The van der Waals surface area contributed by atoms with Crippen molar-refractivity contribution in [2.75, 3.05) is 13.2 Å². The van der Waals surface area contributed by atoms with E-state index in [1.54, 1.807) is 12.2 Å². The average molecular weight is 443 g/mol. The molecule has 30 heavy (non-hydrogen) atoms. The molecule has 0 aliphatic heterocycles. The largest absolute Gasteiger partial charge is 0.364 e. The van der Waals surface area contributed by atoms with Crippen LogP contribution in [0.1, 0.15) is 44.9 Å². The summed E-state index contributed by atoms with van der Waals surface area (Å²) in [7, 11) is 0. The van der Waals surface area contributed by atoms with E-state index in [1.165, 1.54) is 11.6 Å². The molecule has 1 aliphatic rings. The fraction of sp³-hybridized carbons (Fsp3) is 0.455. The van der Waals surface area contributed by atoms with Gasteiger partial charge >= 0.3 is 0 Å². The van der Waals surface area contributed by atoms with Crippen molar-refractivity contribution in [2.45, 2.75) is 51.0 Å². The Morgan fingerprint density at radius 3 is 2.70 bits per heavy atom. The van der Waals surface area contributed by atoms with Crippen LogP contribution < -0.4 is 10.6 Å². The summed E-state index contributed by atoms with van der Waals surface area (Å²) in [6.07, 6.45) is 8.62. The highest BCUT2D eigenvalue weighted by molar-refractivity contribution is 6.25. The molecule has 0 bridgehead atoms. The molecule has 2 N–H and O–H groups in total. The zero-order chi connectivity index (χ0) is 22.2. The van der Waals surface area contributed by atoms with E-state index in [1.807, 2.05) is 0 Å². The smallest absolute Gasteiger partial charge is 0.250 e.